The molecule has 0 fully saturated rings. The first-order valence-electron chi connectivity index (χ1n) is 8.46. The van der Waals surface area contributed by atoms with Gasteiger partial charge in [0.25, 0.3) is 0 Å². The first-order valence-corrected chi connectivity index (χ1v) is 8.84. The maximum absolute atomic E-state index is 12.3. The van der Waals surface area contributed by atoms with Crippen LogP contribution in [0.15, 0.2) is 83.3 Å². The van der Waals surface area contributed by atoms with E-state index in [0.717, 1.165) is 22.1 Å². The van der Waals surface area contributed by atoms with Crippen LogP contribution < -0.4 is 5.32 Å². The van der Waals surface area contributed by atoms with Crippen LogP contribution >= 0.6 is 11.6 Å². The summed E-state index contributed by atoms with van der Waals surface area (Å²) >= 11 is 6.00. The molecule has 0 aliphatic rings. The van der Waals surface area contributed by atoms with Gasteiger partial charge in [0.2, 0.25) is 5.88 Å². The minimum atomic E-state index is -0.576. The van der Waals surface area contributed by atoms with Crippen LogP contribution in [0, 0.1) is 0 Å². The van der Waals surface area contributed by atoms with Crippen molar-refractivity contribution in [3.63, 3.8) is 0 Å². The summed E-state index contributed by atoms with van der Waals surface area (Å²) in [6, 6.07) is 24.5. The molecule has 4 nitrogen and oxygen atoms in total. The quantitative estimate of drug-likeness (QED) is 0.441. The SMILES string of the molecule is O=C(Nc1oc2ccccc2c1-c1ccc(Cl)cc1)OCc1ccccc1. The van der Waals surface area contributed by atoms with E-state index in [1.807, 2.05) is 66.7 Å². The third kappa shape index (κ3) is 3.81. The Labute approximate surface area is 161 Å². The molecule has 1 aromatic heterocycles. The van der Waals surface area contributed by atoms with E-state index >= 15 is 0 Å². The summed E-state index contributed by atoms with van der Waals surface area (Å²) in [4.78, 5) is 12.3. The van der Waals surface area contributed by atoms with E-state index in [0.29, 0.717) is 16.5 Å². The molecule has 134 valence electrons. The van der Waals surface area contributed by atoms with E-state index in [1.165, 1.54) is 0 Å². The number of hydrogen-bond donors (Lipinski definition) is 1. The second-order valence-electron chi connectivity index (χ2n) is 6.00. The standard InChI is InChI=1S/C22H16ClNO3/c23-17-12-10-16(11-13-17)20-18-8-4-5-9-19(18)27-21(20)24-22(25)26-14-15-6-2-1-3-7-15/h1-13H,14H2,(H,24,25). The van der Waals surface area contributed by atoms with Gasteiger partial charge < -0.3 is 9.15 Å². The molecule has 5 heteroatoms. The molecule has 0 bridgehead atoms. The molecule has 0 aliphatic heterocycles. The zero-order valence-electron chi connectivity index (χ0n) is 14.3. The number of nitrogens with one attached hydrogen (secondary N) is 1. The largest absolute Gasteiger partial charge is 0.444 e. The molecule has 27 heavy (non-hydrogen) atoms. The Hall–Kier alpha value is -3.24. The summed E-state index contributed by atoms with van der Waals surface area (Å²) in [7, 11) is 0. The van der Waals surface area contributed by atoms with Crippen molar-refractivity contribution >= 4 is 34.5 Å². The highest BCUT2D eigenvalue weighted by Gasteiger charge is 2.18. The maximum atomic E-state index is 12.3. The number of para-hydroxylation sites is 1. The molecule has 0 saturated carbocycles. The zero-order valence-corrected chi connectivity index (χ0v) is 15.1. The Morgan fingerprint density at radius 2 is 1.63 bits per heavy atom. The van der Waals surface area contributed by atoms with E-state index in [1.54, 1.807) is 12.1 Å². The van der Waals surface area contributed by atoms with Gasteiger partial charge in [0.1, 0.15) is 12.2 Å². The lowest BCUT2D eigenvalue weighted by atomic mass is 10.0. The fourth-order valence-corrected chi connectivity index (χ4v) is 3.01. The van der Waals surface area contributed by atoms with Crippen molar-refractivity contribution in [1.82, 2.24) is 0 Å². The third-order valence-electron chi connectivity index (χ3n) is 4.16. The Morgan fingerprint density at radius 3 is 2.41 bits per heavy atom. The van der Waals surface area contributed by atoms with Gasteiger partial charge in [0.15, 0.2) is 0 Å². The molecule has 0 spiro atoms. The number of halogens is 1. The summed E-state index contributed by atoms with van der Waals surface area (Å²) in [5.41, 5.74) is 3.28. The van der Waals surface area contributed by atoms with Gasteiger partial charge in [0.05, 0.1) is 5.56 Å². The van der Waals surface area contributed by atoms with Gasteiger partial charge in [-0.2, -0.15) is 0 Å². The number of furan rings is 1. The second-order valence-corrected chi connectivity index (χ2v) is 6.43. The van der Waals surface area contributed by atoms with Gasteiger partial charge in [-0.1, -0.05) is 72.3 Å². The molecule has 3 aromatic carbocycles. The topological polar surface area (TPSA) is 51.5 Å². The van der Waals surface area contributed by atoms with Gasteiger partial charge in [-0.05, 0) is 29.3 Å². The Morgan fingerprint density at radius 1 is 0.926 bits per heavy atom. The van der Waals surface area contributed by atoms with Crippen molar-refractivity contribution in [3.8, 4) is 11.1 Å². The monoisotopic (exact) mass is 377 g/mol. The van der Waals surface area contributed by atoms with Crippen molar-refractivity contribution in [1.29, 1.82) is 0 Å². The normalized spacial score (nSPS) is 10.7. The number of carbonyl (C=O) groups is 1. The average molecular weight is 378 g/mol. The molecular formula is C22H16ClNO3. The van der Waals surface area contributed by atoms with Gasteiger partial charge >= 0.3 is 6.09 Å². The molecule has 0 unspecified atom stereocenters. The second kappa shape index (κ2) is 7.56. The highest BCUT2D eigenvalue weighted by atomic mass is 35.5. The number of anilines is 1. The van der Waals surface area contributed by atoms with E-state index in [9.17, 15) is 4.79 Å². The van der Waals surface area contributed by atoms with Crippen LogP contribution in [0.4, 0.5) is 10.7 Å². The number of fused-ring (bicyclic) bond motifs is 1. The predicted octanol–water partition coefficient (Wildman–Crippen LogP) is 6.50. The van der Waals surface area contributed by atoms with Crippen LogP contribution in [0.1, 0.15) is 5.56 Å². The molecule has 4 rings (SSSR count). The van der Waals surface area contributed by atoms with Gasteiger partial charge in [0, 0.05) is 10.4 Å². The smallest absolute Gasteiger partial charge is 0.414 e. The Balaban J connectivity index is 1.62. The number of hydrogen-bond acceptors (Lipinski definition) is 3. The fraction of sp³-hybridized carbons (Fsp3) is 0.0455. The van der Waals surface area contributed by atoms with Crippen molar-refractivity contribution < 1.29 is 13.9 Å². The van der Waals surface area contributed by atoms with Crippen LogP contribution in [0.5, 0.6) is 0 Å². The molecular weight excluding hydrogens is 362 g/mol. The lowest BCUT2D eigenvalue weighted by Crippen LogP contribution is -2.13. The van der Waals surface area contributed by atoms with E-state index in [-0.39, 0.29) is 6.61 Å². The lowest BCUT2D eigenvalue weighted by Gasteiger charge is -2.07. The summed E-state index contributed by atoms with van der Waals surface area (Å²) in [5, 5.41) is 4.27. The minimum absolute atomic E-state index is 0.184. The van der Waals surface area contributed by atoms with Crippen LogP contribution in [0.2, 0.25) is 5.02 Å². The van der Waals surface area contributed by atoms with Crippen LogP contribution in [0.3, 0.4) is 0 Å². The summed E-state index contributed by atoms with van der Waals surface area (Å²) in [5.74, 6) is 0.344. The number of benzene rings is 3. The van der Waals surface area contributed by atoms with Gasteiger partial charge in [-0.25, -0.2) is 4.79 Å². The van der Waals surface area contributed by atoms with Gasteiger partial charge in [-0.3, -0.25) is 5.32 Å². The molecule has 4 aromatic rings. The number of rotatable bonds is 4. The fourth-order valence-electron chi connectivity index (χ4n) is 2.89. The first-order chi connectivity index (χ1) is 13.2. The molecule has 0 radical (unpaired) electrons. The van der Waals surface area contributed by atoms with E-state index in [2.05, 4.69) is 5.32 Å². The highest BCUT2D eigenvalue weighted by Crippen LogP contribution is 2.38. The third-order valence-corrected chi connectivity index (χ3v) is 4.41. The van der Waals surface area contributed by atoms with Crippen molar-refractivity contribution in [3.05, 3.63) is 89.4 Å². The molecule has 1 N–H and O–H groups in total. The van der Waals surface area contributed by atoms with Crippen molar-refractivity contribution in [2.24, 2.45) is 0 Å². The zero-order chi connectivity index (χ0) is 18.6. The number of amides is 1. The van der Waals surface area contributed by atoms with Crippen LogP contribution in [-0.2, 0) is 11.3 Å². The summed E-state index contributed by atoms with van der Waals surface area (Å²) in [6.45, 7) is 0.184. The van der Waals surface area contributed by atoms with Crippen LogP contribution in [0.25, 0.3) is 22.1 Å². The first kappa shape index (κ1) is 17.2. The summed E-state index contributed by atoms with van der Waals surface area (Å²) < 4.78 is 11.2. The van der Waals surface area contributed by atoms with Crippen LogP contribution in [-0.4, -0.2) is 6.09 Å². The average Bonchev–Trinajstić information content (AvgIpc) is 3.05. The van der Waals surface area contributed by atoms with E-state index < -0.39 is 6.09 Å². The highest BCUT2D eigenvalue weighted by molar-refractivity contribution is 6.30. The maximum Gasteiger partial charge on any atom is 0.414 e. The molecule has 0 aliphatic carbocycles. The molecule has 1 heterocycles. The Bertz CT molecular complexity index is 1070. The Kier molecular flexibility index (Phi) is 4.81. The van der Waals surface area contributed by atoms with Gasteiger partial charge in [-0.15, -0.1) is 0 Å². The predicted molar refractivity (Wildman–Crippen MR) is 107 cm³/mol. The molecule has 1 amide bonds. The molecule has 0 atom stereocenters. The van der Waals surface area contributed by atoms with E-state index in [4.69, 9.17) is 20.8 Å². The van der Waals surface area contributed by atoms with Crippen molar-refractivity contribution in [2.45, 2.75) is 6.61 Å². The molecule has 0 saturated heterocycles. The lowest BCUT2D eigenvalue weighted by molar-refractivity contribution is 0.154. The summed E-state index contributed by atoms with van der Waals surface area (Å²) in [6.07, 6.45) is -0.576. The minimum Gasteiger partial charge on any atom is -0.444 e. The number of carbonyl (C=O) groups excluding carboxylic acids is 1. The van der Waals surface area contributed by atoms with Crippen molar-refractivity contribution in [2.75, 3.05) is 5.32 Å². The number of ether oxygens (including phenoxy) is 1.